The molecule has 1 unspecified atom stereocenters. The molecule has 1 rings (SSSR count). The number of carboxylic acid groups (broad SMARTS) is 1. The van der Waals surface area contributed by atoms with E-state index >= 15 is 0 Å². The lowest BCUT2D eigenvalue weighted by Crippen LogP contribution is -2.14. The molecule has 5 heteroatoms. The second-order valence-electron chi connectivity index (χ2n) is 4.58. The molecular formula is C13H18O4S. The van der Waals surface area contributed by atoms with Crippen LogP contribution in [-0.2, 0) is 14.6 Å². The van der Waals surface area contributed by atoms with E-state index in [9.17, 15) is 18.3 Å². The van der Waals surface area contributed by atoms with Gasteiger partial charge in [-0.25, -0.2) is 8.42 Å². The van der Waals surface area contributed by atoms with E-state index in [1.54, 1.807) is 6.07 Å². The van der Waals surface area contributed by atoms with E-state index in [4.69, 9.17) is 0 Å². The van der Waals surface area contributed by atoms with Crippen molar-refractivity contribution in [3.63, 3.8) is 0 Å². The number of benzene rings is 1. The Morgan fingerprint density at radius 2 is 2.06 bits per heavy atom. The molecule has 0 fully saturated rings. The third kappa shape index (κ3) is 4.87. The zero-order chi connectivity index (χ0) is 13.8. The summed E-state index contributed by atoms with van der Waals surface area (Å²) in [5.74, 6) is -1.51. The maximum Gasteiger partial charge on any atom is 0.310 e. The molecule has 0 aromatic heterocycles. The van der Waals surface area contributed by atoms with Crippen molar-refractivity contribution in [2.45, 2.75) is 25.7 Å². The quantitative estimate of drug-likeness (QED) is 0.858. The maximum atomic E-state index is 11.2. The van der Waals surface area contributed by atoms with Gasteiger partial charge in [-0.05, 0) is 25.3 Å². The minimum atomic E-state index is -3.03. The topological polar surface area (TPSA) is 71.4 Å². The Morgan fingerprint density at radius 3 is 2.56 bits per heavy atom. The van der Waals surface area contributed by atoms with Gasteiger partial charge < -0.3 is 5.11 Å². The summed E-state index contributed by atoms with van der Waals surface area (Å²) in [6.45, 7) is 1.90. The van der Waals surface area contributed by atoms with Crippen molar-refractivity contribution in [1.29, 1.82) is 0 Å². The predicted octanol–water partition coefficient (Wildman–Crippen LogP) is 1.99. The van der Waals surface area contributed by atoms with Crippen molar-refractivity contribution in [1.82, 2.24) is 0 Å². The number of aryl methyl sites for hydroxylation is 1. The molecule has 0 bridgehead atoms. The third-order valence-electron chi connectivity index (χ3n) is 2.75. The van der Waals surface area contributed by atoms with Crippen LogP contribution >= 0.6 is 0 Å². The van der Waals surface area contributed by atoms with Crippen molar-refractivity contribution >= 4 is 15.8 Å². The Balaban J connectivity index is 2.75. The summed E-state index contributed by atoms with van der Waals surface area (Å²) in [5, 5.41) is 9.20. The number of carboxylic acids is 1. The first kappa shape index (κ1) is 14.7. The monoisotopic (exact) mass is 270 g/mol. The fourth-order valence-electron chi connectivity index (χ4n) is 1.87. The van der Waals surface area contributed by atoms with Gasteiger partial charge in [0, 0.05) is 12.0 Å². The molecule has 1 aromatic rings. The zero-order valence-corrected chi connectivity index (χ0v) is 11.4. The fourth-order valence-corrected chi connectivity index (χ4v) is 2.56. The van der Waals surface area contributed by atoms with Gasteiger partial charge in [-0.1, -0.05) is 29.8 Å². The Labute approximate surface area is 108 Å². The summed E-state index contributed by atoms with van der Waals surface area (Å²) < 4.78 is 22.1. The first-order valence-electron chi connectivity index (χ1n) is 5.76. The van der Waals surface area contributed by atoms with E-state index in [0.29, 0.717) is 12.8 Å². The molecule has 100 valence electrons. The predicted molar refractivity (Wildman–Crippen MR) is 70.5 cm³/mol. The molecule has 0 aliphatic heterocycles. The number of rotatable bonds is 6. The zero-order valence-electron chi connectivity index (χ0n) is 10.6. The maximum absolute atomic E-state index is 11.2. The second-order valence-corrected chi connectivity index (χ2v) is 6.84. The van der Waals surface area contributed by atoms with Gasteiger partial charge in [0.1, 0.15) is 9.84 Å². The number of aliphatic carboxylic acids is 1. The third-order valence-corrected chi connectivity index (χ3v) is 3.78. The average Bonchev–Trinajstić information content (AvgIpc) is 2.22. The van der Waals surface area contributed by atoms with Crippen LogP contribution < -0.4 is 0 Å². The van der Waals surface area contributed by atoms with Crippen molar-refractivity contribution in [2.75, 3.05) is 12.0 Å². The lowest BCUT2D eigenvalue weighted by atomic mass is 9.93. The standard InChI is InChI=1S/C13H18O4S/c1-10-5-3-6-11(9-10)12(13(14)15)7-4-8-18(2,16)17/h3,5-6,9,12H,4,7-8H2,1-2H3,(H,14,15). The van der Waals surface area contributed by atoms with Gasteiger partial charge in [0.05, 0.1) is 5.92 Å². The van der Waals surface area contributed by atoms with E-state index in [-0.39, 0.29) is 5.75 Å². The minimum absolute atomic E-state index is 0.0304. The molecule has 0 saturated carbocycles. The highest BCUT2D eigenvalue weighted by atomic mass is 32.2. The van der Waals surface area contributed by atoms with Gasteiger partial charge in [-0.3, -0.25) is 4.79 Å². The molecule has 18 heavy (non-hydrogen) atoms. The SMILES string of the molecule is Cc1cccc(C(CCCS(C)(=O)=O)C(=O)O)c1. The van der Waals surface area contributed by atoms with Crippen LogP contribution in [0.25, 0.3) is 0 Å². The van der Waals surface area contributed by atoms with E-state index in [1.807, 2.05) is 25.1 Å². The van der Waals surface area contributed by atoms with Crippen LogP contribution in [0.15, 0.2) is 24.3 Å². The molecule has 0 aliphatic carbocycles. The van der Waals surface area contributed by atoms with Crippen molar-refractivity contribution in [2.24, 2.45) is 0 Å². The number of hydrogen-bond donors (Lipinski definition) is 1. The van der Waals surface area contributed by atoms with E-state index < -0.39 is 21.7 Å². The van der Waals surface area contributed by atoms with Crippen LogP contribution in [0, 0.1) is 6.92 Å². The van der Waals surface area contributed by atoms with Crippen molar-refractivity contribution in [3.8, 4) is 0 Å². The molecule has 1 N–H and O–H groups in total. The smallest absolute Gasteiger partial charge is 0.310 e. The average molecular weight is 270 g/mol. The molecule has 1 atom stereocenters. The van der Waals surface area contributed by atoms with Gasteiger partial charge in [-0.2, -0.15) is 0 Å². The van der Waals surface area contributed by atoms with Crippen LogP contribution in [0.4, 0.5) is 0 Å². The summed E-state index contributed by atoms with van der Waals surface area (Å²) >= 11 is 0. The van der Waals surface area contributed by atoms with Gasteiger partial charge in [-0.15, -0.1) is 0 Å². The van der Waals surface area contributed by atoms with Gasteiger partial charge in [0.2, 0.25) is 0 Å². The molecule has 0 radical (unpaired) electrons. The van der Waals surface area contributed by atoms with Crippen molar-refractivity contribution in [3.05, 3.63) is 35.4 Å². The Morgan fingerprint density at radius 1 is 1.39 bits per heavy atom. The van der Waals surface area contributed by atoms with Gasteiger partial charge in [0.25, 0.3) is 0 Å². The first-order valence-corrected chi connectivity index (χ1v) is 7.83. The molecule has 0 amide bonds. The highest BCUT2D eigenvalue weighted by Crippen LogP contribution is 2.22. The first-order chi connectivity index (χ1) is 8.29. The normalized spacial score (nSPS) is 13.2. The Hall–Kier alpha value is -1.36. The largest absolute Gasteiger partial charge is 0.481 e. The van der Waals surface area contributed by atoms with Crippen LogP contribution in [0.1, 0.15) is 29.9 Å². The van der Waals surface area contributed by atoms with E-state index in [2.05, 4.69) is 0 Å². The van der Waals surface area contributed by atoms with E-state index in [1.165, 1.54) is 0 Å². The Kier molecular flexibility index (Phi) is 4.90. The molecule has 0 aliphatic rings. The molecule has 4 nitrogen and oxygen atoms in total. The second kappa shape index (κ2) is 6.00. The highest BCUT2D eigenvalue weighted by Gasteiger charge is 2.20. The molecule has 0 spiro atoms. The van der Waals surface area contributed by atoms with Crippen LogP contribution in [0.5, 0.6) is 0 Å². The lowest BCUT2D eigenvalue weighted by molar-refractivity contribution is -0.139. The highest BCUT2D eigenvalue weighted by molar-refractivity contribution is 7.90. The van der Waals surface area contributed by atoms with Crippen LogP contribution in [0.2, 0.25) is 0 Å². The van der Waals surface area contributed by atoms with Gasteiger partial charge >= 0.3 is 5.97 Å². The van der Waals surface area contributed by atoms with Crippen molar-refractivity contribution < 1.29 is 18.3 Å². The fraction of sp³-hybridized carbons (Fsp3) is 0.462. The summed E-state index contributed by atoms with van der Waals surface area (Å²) in [4.78, 5) is 11.2. The summed E-state index contributed by atoms with van der Waals surface area (Å²) in [5.41, 5.74) is 1.73. The number of hydrogen-bond acceptors (Lipinski definition) is 3. The number of sulfone groups is 1. The van der Waals surface area contributed by atoms with Gasteiger partial charge in [0.15, 0.2) is 0 Å². The molecular weight excluding hydrogens is 252 g/mol. The summed E-state index contributed by atoms with van der Waals surface area (Å²) in [7, 11) is -3.03. The lowest BCUT2D eigenvalue weighted by Gasteiger charge is -2.13. The van der Waals surface area contributed by atoms with Crippen LogP contribution in [0.3, 0.4) is 0 Å². The molecule has 1 aromatic carbocycles. The molecule has 0 saturated heterocycles. The summed E-state index contributed by atoms with van der Waals surface area (Å²) in [6.07, 6.45) is 1.87. The van der Waals surface area contributed by atoms with Crippen LogP contribution in [-0.4, -0.2) is 31.5 Å². The number of carbonyl (C=O) groups is 1. The molecule has 0 heterocycles. The summed E-state index contributed by atoms with van der Waals surface area (Å²) in [6, 6.07) is 7.32. The Bertz CT molecular complexity index is 520. The van der Waals surface area contributed by atoms with E-state index in [0.717, 1.165) is 17.4 Å². The minimum Gasteiger partial charge on any atom is -0.481 e.